The third-order valence-corrected chi connectivity index (χ3v) is 5.88. The number of pyridine rings is 2. The van der Waals surface area contributed by atoms with E-state index in [1.54, 1.807) is 6.20 Å². The van der Waals surface area contributed by atoms with E-state index in [-0.39, 0.29) is 0 Å². The first-order chi connectivity index (χ1) is 14.3. The Morgan fingerprint density at radius 3 is 2.93 bits per heavy atom. The molecule has 0 unspecified atom stereocenters. The molecule has 29 heavy (non-hydrogen) atoms. The normalized spacial score (nSPS) is 19.3. The molecular weight excluding hydrogens is 362 g/mol. The summed E-state index contributed by atoms with van der Waals surface area (Å²) in [5, 5.41) is 5.58. The van der Waals surface area contributed by atoms with Crippen LogP contribution in [0.1, 0.15) is 37.3 Å². The maximum absolute atomic E-state index is 4.85. The van der Waals surface area contributed by atoms with E-state index in [1.807, 2.05) is 24.8 Å². The van der Waals surface area contributed by atoms with Crippen molar-refractivity contribution in [3.05, 3.63) is 47.9 Å². The van der Waals surface area contributed by atoms with Gasteiger partial charge in [0.05, 0.1) is 24.1 Å². The number of hydrogen-bond acceptors (Lipinski definition) is 7. The first-order valence-corrected chi connectivity index (χ1v) is 10.5. The average Bonchev–Trinajstić information content (AvgIpc) is 2.90. The predicted octanol–water partition coefficient (Wildman–Crippen LogP) is 3.12. The highest BCUT2D eigenvalue weighted by molar-refractivity contribution is 6.03. The molecule has 5 rings (SSSR count). The van der Waals surface area contributed by atoms with Crippen LogP contribution in [-0.4, -0.2) is 58.4 Å². The molecule has 3 aliphatic rings. The Morgan fingerprint density at radius 1 is 1.17 bits per heavy atom. The molecule has 150 valence electrons. The first-order valence-electron chi connectivity index (χ1n) is 10.5. The van der Waals surface area contributed by atoms with Crippen LogP contribution in [0.3, 0.4) is 0 Å². The standard InChI is InChI=1S/C22H27N7/c1-2-10-28-11-6-16(7-12-28)27-29-14-19-17-5-9-23-13-20(17)26-22-18(4-3-8-24-22)21(19)25-15-29/h3-5,8-9,13,15-16,27H,2,6-7,10-12,14H2,1H3,(H,24,26). The molecule has 0 atom stereocenters. The molecular formula is C22H27N7. The van der Waals surface area contributed by atoms with Gasteiger partial charge in [-0.3, -0.25) is 9.99 Å². The summed E-state index contributed by atoms with van der Waals surface area (Å²) in [6.45, 7) is 6.56. The number of nitrogens with zero attached hydrogens (tertiary/aromatic N) is 5. The Balaban J connectivity index is 1.38. The quantitative estimate of drug-likeness (QED) is 0.837. The lowest BCUT2D eigenvalue weighted by Crippen LogP contribution is -2.50. The first kappa shape index (κ1) is 18.3. The van der Waals surface area contributed by atoms with Gasteiger partial charge in [-0.25, -0.2) is 15.4 Å². The minimum atomic E-state index is 0.492. The lowest BCUT2D eigenvalue weighted by Gasteiger charge is -2.36. The van der Waals surface area contributed by atoms with Crippen LogP contribution in [0.5, 0.6) is 0 Å². The van der Waals surface area contributed by atoms with Gasteiger partial charge in [-0.1, -0.05) is 6.92 Å². The van der Waals surface area contributed by atoms with Crippen molar-refractivity contribution in [2.24, 2.45) is 4.99 Å². The third kappa shape index (κ3) is 3.63. The second-order valence-electron chi connectivity index (χ2n) is 7.89. The van der Waals surface area contributed by atoms with Gasteiger partial charge in [0.2, 0.25) is 0 Å². The SMILES string of the molecule is CCCN1CCC(NN2C=NC3=C(C2)c2ccncc2Nc2ncccc23)CC1. The molecule has 0 spiro atoms. The van der Waals surface area contributed by atoms with E-state index < -0.39 is 0 Å². The molecule has 3 aliphatic heterocycles. The second kappa shape index (κ2) is 7.93. The topological polar surface area (TPSA) is 68.7 Å². The maximum atomic E-state index is 4.85. The van der Waals surface area contributed by atoms with Crippen molar-refractivity contribution in [1.82, 2.24) is 25.3 Å². The van der Waals surface area contributed by atoms with Gasteiger partial charge in [-0.15, -0.1) is 0 Å². The van der Waals surface area contributed by atoms with Crippen molar-refractivity contribution in [2.75, 3.05) is 31.5 Å². The Labute approximate surface area is 171 Å². The number of hydrazine groups is 1. The third-order valence-electron chi connectivity index (χ3n) is 5.88. The zero-order valence-corrected chi connectivity index (χ0v) is 16.8. The molecule has 5 heterocycles. The summed E-state index contributed by atoms with van der Waals surface area (Å²) < 4.78 is 0. The number of piperidine rings is 1. The van der Waals surface area contributed by atoms with Crippen molar-refractivity contribution >= 4 is 29.1 Å². The number of nitrogens with one attached hydrogen (secondary N) is 2. The second-order valence-corrected chi connectivity index (χ2v) is 7.89. The van der Waals surface area contributed by atoms with Crippen molar-refractivity contribution in [2.45, 2.75) is 32.2 Å². The van der Waals surface area contributed by atoms with Gasteiger partial charge in [-0.05, 0) is 57.1 Å². The summed E-state index contributed by atoms with van der Waals surface area (Å²) >= 11 is 0. The molecule has 7 nitrogen and oxygen atoms in total. The Morgan fingerprint density at radius 2 is 2.07 bits per heavy atom. The smallest absolute Gasteiger partial charge is 0.139 e. The number of rotatable bonds is 4. The van der Waals surface area contributed by atoms with Gasteiger partial charge in [-0.2, -0.15) is 0 Å². The molecule has 1 fully saturated rings. The monoisotopic (exact) mass is 389 g/mol. The van der Waals surface area contributed by atoms with Gasteiger partial charge >= 0.3 is 0 Å². The molecule has 0 radical (unpaired) electrons. The van der Waals surface area contributed by atoms with Crippen LogP contribution in [-0.2, 0) is 0 Å². The number of hydrogen-bond donors (Lipinski definition) is 2. The van der Waals surface area contributed by atoms with Crippen LogP contribution >= 0.6 is 0 Å². The van der Waals surface area contributed by atoms with E-state index in [1.165, 1.54) is 44.5 Å². The van der Waals surface area contributed by atoms with Crippen molar-refractivity contribution in [3.8, 4) is 0 Å². The number of fused-ring (bicyclic) bond motifs is 4. The lowest BCUT2D eigenvalue weighted by molar-refractivity contribution is 0.163. The van der Waals surface area contributed by atoms with Crippen molar-refractivity contribution in [1.29, 1.82) is 0 Å². The Hall–Kier alpha value is -2.77. The molecule has 0 aliphatic carbocycles. The van der Waals surface area contributed by atoms with Gasteiger partial charge in [0.1, 0.15) is 12.2 Å². The van der Waals surface area contributed by atoms with Crippen LogP contribution in [0.2, 0.25) is 0 Å². The van der Waals surface area contributed by atoms with Gasteiger partial charge in [0.25, 0.3) is 0 Å². The highest BCUT2D eigenvalue weighted by Gasteiger charge is 2.27. The summed E-state index contributed by atoms with van der Waals surface area (Å²) in [5.74, 6) is 0.827. The minimum Gasteiger partial charge on any atom is -0.338 e. The molecule has 1 saturated heterocycles. The fourth-order valence-electron chi connectivity index (χ4n) is 4.43. The van der Waals surface area contributed by atoms with Crippen LogP contribution in [0, 0.1) is 0 Å². The Bertz CT molecular complexity index is 944. The van der Waals surface area contributed by atoms with E-state index in [0.717, 1.165) is 34.9 Å². The van der Waals surface area contributed by atoms with Crippen LogP contribution in [0.4, 0.5) is 11.5 Å². The minimum absolute atomic E-state index is 0.492. The van der Waals surface area contributed by atoms with Gasteiger partial charge in [0.15, 0.2) is 0 Å². The van der Waals surface area contributed by atoms with Crippen LogP contribution in [0.15, 0.2) is 41.8 Å². The molecule has 0 bridgehead atoms. The molecule has 2 N–H and O–H groups in total. The zero-order chi connectivity index (χ0) is 19.6. The van der Waals surface area contributed by atoms with E-state index in [9.17, 15) is 0 Å². The summed E-state index contributed by atoms with van der Waals surface area (Å²) in [4.78, 5) is 16.2. The van der Waals surface area contributed by atoms with Crippen molar-refractivity contribution in [3.63, 3.8) is 0 Å². The molecule has 0 saturated carbocycles. The van der Waals surface area contributed by atoms with Gasteiger partial charge < -0.3 is 10.2 Å². The highest BCUT2D eigenvalue weighted by atomic mass is 15.5. The number of aliphatic imine (C=N–C) groups is 1. The highest BCUT2D eigenvalue weighted by Crippen LogP contribution is 2.40. The van der Waals surface area contributed by atoms with Crippen molar-refractivity contribution < 1.29 is 0 Å². The van der Waals surface area contributed by atoms with Crippen LogP contribution < -0.4 is 10.7 Å². The van der Waals surface area contributed by atoms with E-state index in [2.05, 4.69) is 49.7 Å². The zero-order valence-electron chi connectivity index (χ0n) is 16.8. The average molecular weight is 390 g/mol. The van der Waals surface area contributed by atoms with Gasteiger partial charge in [0, 0.05) is 35.1 Å². The maximum Gasteiger partial charge on any atom is 0.139 e. The molecule has 0 aromatic carbocycles. The molecule has 7 heteroatoms. The fraction of sp³-hybridized carbons (Fsp3) is 0.409. The summed E-state index contributed by atoms with van der Waals surface area (Å²) in [7, 11) is 0. The largest absolute Gasteiger partial charge is 0.338 e. The predicted molar refractivity (Wildman–Crippen MR) is 117 cm³/mol. The summed E-state index contributed by atoms with van der Waals surface area (Å²) in [6, 6.07) is 6.59. The molecule has 0 amide bonds. The van der Waals surface area contributed by atoms with E-state index in [0.29, 0.717) is 6.04 Å². The molecule has 2 aromatic heterocycles. The summed E-state index contributed by atoms with van der Waals surface area (Å²) in [6.07, 6.45) is 11.0. The van der Waals surface area contributed by atoms with E-state index in [4.69, 9.17) is 4.99 Å². The fourth-order valence-corrected chi connectivity index (χ4v) is 4.43. The molecule has 2 aromatic rings. The number of anilines is 2. The van der Waals surface area contributed by atoms with Crippen LogP contribution in [0.25, 0.3) is 11.3 Å². The Kier molecular flexibility index (Phi) is 4.99. The number of aromatic nitrogens is 2. The lowest BCUT2D eigenvalue weighted by atomic mass is 10.00. The number of likely N-dealkylation sites (tertiary alicyclic amines) is 1. The van der Waals surface area contributed by atoms with E-state index >= 15 is 0 Å². The summed E-state index contributed by atoms with van der Waals surface area (Å²) in [5.41, 5.74) is 9.02.